The fourth-order valence-corrected chi connectivity index (χ4v) is 3.78. The van der Waals surface area contributed by atoms with E-state index in [1.807, 2.05) is 0 Å². The number of halogens is 2. The third-order valence-electron chi connectivity index (χ3n) is 3.09. The summed E-state index contributed by atoms with van der Waals surface area (Å²) >= 11 is 0. The van der Waals surface area contributed by atoms with Crippen LogP contribution in [0, 0.1) is 11.6 Å². The van der Waals surface area contributed by atoms with Crippen LogP contribution in [0.25, 0.3) is 0 Å². The summed E-state index contributed by atoms with van der Waals surface area (Å²) in [6.07, 6.45) is 1.32. The third kappa shape index (κ3) is 2.53. The van der Waals surface area contributed by atoms with Crippen LogP contribution in [0.15, 0.2) is 17.0 Å². The number of carboxylic acids is 1. The maximum Gasteiger partial charge on any atom is 0.335 e. The van der Waals surface area contributed by atoms with Crippen LogP contribution >= 0.6 is 0 Å². The highest BCUT2D eigenvalue weighted by molar-refractivity contribution is 7.89. The number of sulfonamides is 1. The molecule has 2 rings (SSSR count). The lowest BCUT2D eigenvalue weighted by molar-refractivity contribution is 0.0696. The van der Waals surface area contributed by atoms with Gasteiger partial charge in [-0.3, -0.25) is 0 Å². The predicted octanol–water partition coefficient (Wildman–Crippen LogP) is 1.84. The van der Waals surface area contributed by atoms with Gasteiger partial charge in [0.25, 0.3) is 0 Å². The van der Waals surface area contributed by atoms with E-state index < -0.39 is 38.1 Å². The zero-order valence-corrected chi connectivity index (χ0v) is 11.5. The monoisotopic (exact) mass is 305 g/mol. The highest BCUT2D eigenvalue weighted by Crippen LogP contribution is 2.33. The molecule has 0 saturated heterocycles. The Balaban J connectivity index is 2.58. The number of benzene rings is 1. The first-order chi connectivity index (χ1) is 9.28. The van der Waals surface area contributed by atoms with E-state index in [1.165, 1.54) is 0 Å². The van der Waals surface area contributed by atoms with Crippen molar-refractivity contribution >= 4 is 16.0 Å². The Morgan fingerprint density at radius 1 is 1.40 bits per heavy atom. The lowest BCUT2D eigenvalue weighted by Crippen LogP contribution is -2.33. The molecule has 1 aliphatic rings. The average molecular weight is 305 g/mol. The molecule has 0 unspecified atom stereocenters. The summed E-state index contributed by atoms with van der Waals surface area (Å²) < 4.78 is 52.8. The molecule has 1 saturated carbocycles. The molecular weight excluding hydrogens is 292 g/mol. The number of hydrogen-bond donors (Lipinski definition) is 1. The molecule has 8 heteroatoms. The fraction of sp³-hybridized carbons (Fsp3) is 0.417. The number of carboxylic acid groups (broad SMARTS) is 1. The van der Waals surface area contributed by atoms with E-state index in [0.717, 1.165) is 4.31 Å². The van der Waals surface area contributed by atoms with Gasteiger partial charge in [0.05, 0.1) is 5.56 Å². The van der Waals surface area contributed by atoms with E-state index in [0.29, 0.717) is 25.0 Å². The molecule has 20 heavy (non-hydrogen) atoms. The summed E-state index contributed by atoms with van der Waals surface area (Å²) in [6, 6.07) is 0.895. The molecule has 0 bridgehead atoms. The zero-order chi connectivity index (χ0) is 15.1. The summed E-state index contributed by atoms with van der Waals surface area (Å²) in [4.78, 5) is 9.90. The van der Waals surface area contributed by atoms with Crippen molar-refractivity contribution < 1.29 is 27.1 Å². The maximum atomic E-state index is 13.7. The predicted molar refractivity (Wildman–Crippen MR) is 65.9 cm³/mol. The standard InChI is InChI=1S/C12H13F2NO4S/c1-2-15(8-3-4-8)20(18,19)10-6-7(12(16)17)5-9(13)11(10)14/h5-6,8H,2-4H2,1H3,(H,16,17). The van der Waals surface area contributed by atoms with Gasteiger partial charge < -0.3 is 5.11 Å². The molecule has 110 valence electrons. The smallest absolute Gasteiger partial charge is 0.335 e. The molecule has 0 amide bonds. The Morgan fingerprint density at radius 2 is 2.00 bits per heavy atom. The molecule has 0 atom stereocenters. The lowest BCUT2D eigenvalue weighted by Gasteiger charge is -2.20. The van der Waals surface area contributed by atoms with E-state index in [-0.39, 0.29) is 12.6 Å². The number of rotatable bonds is 5. The minimum absolute atomic E-state index is 0.116. The Hall–Kier alpha value is -1.54. The number of carbonyl (C=O) groups is 1. The van der Waals surface area contributed by atoms with Gasteiger partial charge in [-0.2, -0.15) is 4.31 Å². The topological polar surface area (TPSA) is 74.7 Å². The van der Waals surface area contributed by atoms with Crippen molar-refractivity contribution in [3.63, 3.8) is 0 Å². The van der Waals surface area contributed by atoms with Crippen LogP contribution in [-0.4, -0.2) is 36.4 Å². The summed E-state index contributed by atoms with van der Waals surface area (Å²) in [6.45, 7) is 1.70. The lowest BCUT2D eigenvalue weighted by atomic mass is 10.2. The zero-order valence-electron chi connectivity index (χ0n) is 10.6. The SMILES string of the molecule is CCN(C1CC1)S(=O)(=O)c1cc(C(=O)O)cc(F)c1F. The molecule has 1 N–H and O–H groups in total. The highest BCUT2D eigenvalue weighted by atomic mass is 32.2. The molecular formula is C12H13F2NO4S. The Labute approximate surface area is 114 Å². The molecule has 1 aromatic carbocycles. The molecule has 0 aromatic heterocycles. The molecule has 1 aromatic rings. The van der Waals surface area contributed by atoms with Gasteiger partial charge in [-0.25, -0.2) is 22.0 Å². The quantitative estimate of drug-likeness (QED) is 0.900. The normalized spacial score (nSPS) is 15.6. The van der Waals surface area contributed by atoms with Crippen molar-refractivity contribution in [2.45, 2.75) is 30.7 Å². The number of nitrogens with zero attached hydrogens (tertiary/aromatic N) is 1. The van der Waals surface area contributed by atoms with Crippen molar-refractivity contribution in [1.82, 2.24) is 4.31 Å². The highest BCUT2D eigenvalue weighted by Gasteiger charge is 2.39. The minimum atomic E-state index is -4.24. The van der Waals surface area contributed by atoms with Gasteiger partial charge in [0.1, 0.15) is 4.90 Å². The van der Waals surface area contributed by atoms with Crippen LogP contribution in [-0.2, 0) is 10.0 Å². The Bertz CT molecular complexity index is 656. The van der Waals surface area contributed by atoms with Crippen LogP contribution < -0.4 is 0 Å². The first-order valence-electron chi connectivity index (χ1n) is 6.03. The van der Waals surface area contributed by atoms with Gasteiger partial charge in [0.15, 0.2) is 11.6 Å². The van der Waals surface area contributed by atoms with Gasteiger partial charge in [-0.15, -0.1) is 0 Å². The Morgan fingerprint density at radius 3 is 2.45 bits per heavy atom. The van der Waals surface area contributed by atoms with Gasteiger partial charge in [-0.05, 0) is 25.0 Å². The van der Waals surface area contributed by atoms with Crippen LogP contribution in [0.3, 0.4) is 0 Å². The number of aromatic carboxylic acids is 1. The fourth-order valence-electron chi connectivity index (χ4n) is 1.99. The minimum Gasteiger partial charge on any atom is -0.478 e. The van der Waals surface area contributed by atoms with Gasteiger partial charge in [-0.1, -0.05) is 6.92 Å². The molecule has 0 heterocycles. The van der Waals surface area contributed by atoms with Gasteiger partial charge in [0, 0.05) is 12.6 Å². The second-order valence-corrected chi connectivity index (χ2v) is 6.37. The van der Waals surface area contributed by atoms with E-state index >= 15 is 0 Å². The summed E-state index contributed by atoms with van der Waals surface area (Å²) in [5, 5.41) is 8.81. The van der Waals surface area contributed by atoms with Crippen molar-refractivity contribution in [1.29, 1.82) is 0 Å². The largest absolute Gasteiger partial charge is 0.478 e. The second kappa shape index (κ2) is 5.10. The first kappa shape index (κ1) is 14.9. The van der Waals surface area contributed by atoms with E-state index in [9.17, 15) is 22.0 Å². The maximum absolute atomic E-state index is 13.7. The van der Waals surface area contributed by atoms with Crippen molar-refractivity contribution in [3.8, 4) is 0 Å². The van der Waals surface area contributed by atoms with Crippen molar-refractivity contribution in [2.24, 2.45) is 0 Å². The van der Waals surface area contributed by atoms with Gasteiger partial charge in [0.2, 0.25) is 10.0 Å². The molecule has 1 fully saturated rings. The molecule has 1 aliphatic carbocycles. The van der Waals surface area contributed by atoms with Crippen molar-refractivity contribution in [2.75, 3.05) is 6.54 Å². The van der Waals surface area contributed by atoms with E-state index in [4.69, 9.17) is 5.11 Å². The van der Waals surface area contributed by atoms with Crippen LogP contribution in [0.4, 0.5) is 8.78 Å². The van der Waals surface area contributed by atoms with E-state index in [1.54, 1.807) is 6.92 Å². The summed E-state index contributed by atoms with van der Waals surface area (Å²) in [5.41, 5.74) is -0.602. The van der Waals surface area contributed by atoms with Crippen LogP contribution in [0.1, 0.15) is 30.1 Å². The second-order valence-electron chi connectivity index (χ2n) is 4.51. The average Bonchev–Trinajstić information content (AvgIpc) is 3.16. The van der Waals surface area contributed by atoms with Crippen LogP contribution in [0.5, 0.6) is 0 Å². The van der Waals surface area contributed by atoms with Crippen LogP contribution in [0.2, 0.25) is 0 Å². The third-order valence-corrected chi connectivity index (χ3v) is 5.12. The summed E-state index contributed by atoms with van der Waals surface area (Å²) in [7, 11) is -4.24. The van der Waals surface area contributed by atoms with Gasteiger partial charge >= 0.3 is 5.97 Å². The molecule has 0 spiro atoms. The molecule has 5 nitrogen and oxygen atoms in total. The van der Waals surface area contributed by atoms with Crippen molar-refractivity contribution in [3.05, 3.63) is 29.3 Å². The Kier molecular flexibility index (Phi) is 3.79. The molecule has 0 radical (unpaired) electrons. The molecule has 0 aliphatic heterocycles. The van der Waals surface area contributed by atoms with E-state index in [2.05, 4.69) is 0 Å². The number of hydrogen-bond acceptors (Lipinski definition) is 3. The summed E-state index contributed by atoms with van der Waals surface area (Å²) in [5.74, 6) is -4.56. The first-order valence-corrected chi connectivity index (χ1v) is 7.47.